The molecule has 1 unspecified atom stereocenters. The summed E-state index contributed by atoms with van der Waals surface area (Å²) in [6, 6.07) is -2.85. The number of nitrogens with two attached hydrogens (primary N) is 1. The number of ether oxygens (including phenoxy) is 1. The molecule has 0 radical (unpaired) electrons. The summed E-state index contributed by atoms with van der Waals surface area (Å²) in [6.45, 7) is 8.20. The predicted molar refractivity (Wildman–Crippen MR) is 173 cm³/mol. The van der Waals surface area contributed by atoms with Crippen LogP contribution in [0.15, 0.2) is 6.20 Å². The smallest absolute Gasteiger partial charge is 0.408 e. The molecule has 2 aliphatic heterocycles. The second-order valence-corrected chi connectivity index (χ2v) is 17.4. The van der Waals surface area contributed by atoms with Crippen LogP contribution in [0.25, 0.3) is 0 Å². The van der Waals surface area contributed by atoms with Gasteiger partial charge < -0.3 is 36.2 Å². The minimum atomic E-state index is -3.47. The molecule has 1 aromatic rings. The molecule has 4 rings (SSSR count). The van der Waals surface area contributed by atoms with Gasteiger partial charge in [0.15, 0.2) is 15.9 Å². The van der Waals surface area contributed by atoms with Crippen molar-refractivity contribution in [3.8, 4) is 0 Å². The van der Waals surface area contributed by atoms with E-state index in [1.165, 1.54) is 15.8 Å². The quantitative estimate of drug-likeness (QED) is 0.225. The average molecular weight is 698 g/mol. The molecule has 3 fully saturated rings. The highest BCUT2D eigenvalue weighted by Crippen LogP contribution is 2.35. The molecule has 3 heterocycles. The highest BCUT2D eigenvalue weighted by Gasteiger charge is 2.50. The van der Waals surface area contributed by atoms with E-state index in [4.69, 9.17) is 10.5 Å². The summed E-state index contributed by atoms with van der Waals surface area (Å²) in [7, 11) is -3.47. The van der Waals surface area contributed by atoms with Crippen LogP contribution >= 0.6 is 0 Å². The van der Waals surface area contributed by atoms with Crippen LogP contribution in [0.3, 0.4) is 0 Å². The number of rotatable bonds is 10. The third kappa shape index (κ3) is 9.02. The van der Waals surface area contributed by atoms with Gasteiger partial charge in [-0.1, -0.05) is 37.3 Å². The molecule has 1 saturated carbocycles. The van der Waals surface area contributed by atoms with Crippen LogP contribution in [0.5, 0.6) is 0 Å². The molecule has 0 spiro atoms. The van der Waals surface area contributed by atoms with Crippen molar-refractivity contribution in [3.63, 3.8) is 0 Å². The third-order valence-corrected chi connectivity index (χ3v) is 11.2. The Morgan fingerprint density at radius 3 is 2.29 bits per heavy atom. The number of carbonyl (C=O) groups excluding carboxylic acids is 4. The van der Waals surface area contributed by atoms with Crippen LogP contribution in [-0.4, -0.2) is 110 Å². The monoisotopic (exact) mass is 697 g/mol. The van der Waals surface area contributed by atoms with E-state index in [2.05, 4.69) is 20.9 Å². The molecule has 17 heteroatoms. The molecule has 1 aliphatic carbocycles. The Bertz CT molecular complexity index is 1450. The number of aliphatic hydroxyl groups excluding tert-OH is 1. The SMILES string of the molecule is CC(C)(C)OC(=O)N[C@H](CC1CCCCC1)C(=O)N1C[C@@H](n2nncc2C(C)(C)O)C[C@H]1C(=O)NC1(C(O)C(N)=O)CCS(=O)(=O)CC1. The van der Waals surface area contributed by atoms with E-state index >= 15 is 0 Å². The Morgan fingerprint density at radius 1 is 1.10 bits per heavy atom. The summed E-state index contributed by atoms with van der Waals surface area (Å²) in [5.74, 6) is -3.00. The number of nitrogens with zero attached hydrogens (tertiary/aromatic N) is 4. The molecule has 0 aromatic carbocycles. The predicted octanol–water partition coefficient (Wildman–Crippen LogP) is 0.421. The van der Waals surface area contributed by atoms with Crippen molar-refractivity contribution in [3.05, 3.63) is 11.9 Å². The topological polar surface area (TPSA) is 236 Å². The maximum Gasteiger partial charge on any atom is 0.408 e. The molecular weight excluding hydrogens is 646 g/mol. The Kier molecular flexibility index (Phi) is 11.2. The highest BCUT2D eigenvalue weighted by atomic mass is 32.2. The van der Waals surface area contributed by atoms with Crippen LogP contribution in [-0.2, 0) is 34.6 Å². The van der Waals surface area contributed by atoms with Crippen molar-refractivity contribution in [2.75, 3.05) is 18.1 Å². The molecule has 270 valence electrons. The first-order valence-electron chi connectivity index (χ1n) is 16.6. The number of sulfone groups is 1. The lowest BCUT2D eigenvalue weighted by Crippen LogP contribution is -2.66. The summed E-state index contributed by atoms with van der Waals surface area (Å²) in [5, 5.41) is 35.2. The molecule has 3 aliphatic rings. The first-order chi connectivity index (χ1) is 22.2. The van der Waals surface area contributed by atoms with Crippen molar-refractivity contribution in [2.45, 2.75) is 133 Å². The number of amides is 4. The van der Waals surface area contributed by atoms with Gasteiger partial charge in [-0.15, -0.1) is 5.10 Å². The number of hydrogen-bond donors (Lipinski definition) is 5. The summed E-state index contributed by atoms with van der Waals surface area (Å²) >= 11 is 0. The van der Waals surface area contributed by atoms with E-state index in [9.17, 15) is 37.8 Å². The fraction of sp³-hybridized carbons (Fsp3) is 0.806. The zero-order chi connectivity index (χ0) is 35.7. The number of likely N-dealkylation sites (tertiary alicyclic amines) is 1. The van der Waals surface area contributed by atoms with Crippen molar-refractivity contribution in [2.24, 2.45) is 11.7 Å². The summed E-state index contributed by atoms with van der Waals surface area (Å²) in [5.41, 5.74) is 1.93. The van der Waals surface area contributed by atoms with Gasteiger partial charge in [0.2, 0.25) is 17.7 Å². The van der Waals surface area contributed by atoms with Crippen molar-refractivity contribution in [1.29, 1.82) is 0 Å². The lowest BCUT2D eigenvalue weighted by Gasteiger charge is -2.41. The summed E-state index contributed by atoms with van der Waals surface area (Å²) in [6.07, 6.45) is 3.42. The van der Waals surface area contributed by atoms with Gasteiger partial charge in [-0.25, -0.2) is 17.9 Å². The van der Waals surface area contributed by atoms with E-state index in [-0.39, 0.29) is 43.2 Å². The van der Waals surface area contributed by atoms with Crippen LogP contribution in [0.2, 0.25) is 0 Å². The number of aliphatic hydroxyl groups is 2. The van der Waals surface area contributed by atoms with Gasteiger partial charge in [0, 0.05) is 13.0 Å². The fourth-order valence-electron chi connectivity index (χ4n) is 7.03. The molecule has 4 amide bonds. The number of hydrogen-bond acceptors (Lipinski definition) is 11. The van der Waals surface area contributed by atoms with E-state index in [0.29, 0.717) is 12.1 Å². The molecule has 48 heavy (non-hydrogen) atoms. The Labute approximate surface area is 281 Å². The van der Waals surface area contributed by atoms with Gasteiger partial charge in [-0.3, -0.25) is 14.4 Å². The number of primary amides is 1. The molecule has 16 nitrogen and oxygen atoms in total. The Balaban J connectivity index is 1.70. The van der Waals surface area contributed by atoms with Crippen LogP contribution in [0.4, 0.5) is 4.79 Å². The molecular formula is C31H51N7O9S. The molecule has 1 aromatic heterocycles. The minimum absolute atomic E-state index is 0.00758. The lowest BCUT2D eigenvalue weighted by molar-refractivity contribution is -0.143. The number of carbonyl (C=O) groups is 4. The van der Waals surface area contributed by atoms with Crippen molar-refractivity contribution in [1.82, 2.24) is 30.5 Å². The maximum atomic E-state index is 14.5. The van der Waals surface area contributed by atoms with Gasteiger partial charge in [0.25, 0.3) is 0 Å². The highest BCUT2D eigenvalue weighted by molar-refractivity contribution is 7.91. The second-order valence-electron chi connectivity index (χ2n) is 15.1. The van der Waals surface area contributed by atoms with Crippen LogP contribution in [0.1, 0.15) is 104 Å². The number of nitrogens with one attached hydrogen (secondary N) is 2. The second kappa shape index (κ2) is 14.3. The van der Waals surface area contributed by atoms with Gasteiger partial charge in [-0.2, -0.15) is 0 Å². The fourth-order valence-corrected chi connectivity index (χ4v) is 8.59. The molecule has 2 saturated heterocycles. The zero-order valence-corrected chi connectivity index (χ0v) is 29.3. The van der Waals surface area contributed by atoms with E-state index in [1.54, 1.807) is 34.6 Å². The van der Waals surface area contributed by atoms with Gasteiger partial charge in [0.1, 0.15) is 23.3 Å². The van der Waals surface area contributed by atoms with Crippen LogP contribution in [0, 0.1) is 5.92 Å². The first kappa shape index (κ1) is 37.5. The number of alkyl carbamates (subject to hydrolysis) is 1. The zero-order valence-electron chi connectivity index (χ0n) is 28.5. The molecule has 4 atom stereocenters. The summed E-state index contributed by atoms with van der Waals surface area (Å²) in [4.78, 5) is 55.2. The lowest BCUT2D eigenvalue weighted by atomic mass is 9.84. The van der Waals surface area contributed by atoms with E-state index in [0.717, 1.165) is 32.1 Å². The van der Waals surface area contributed by atoms with Crippen molar-refractivity contribution < 1.29 is 42.5 Å². The normalized spacial score (nSPS) is 24.4. The molecule has 6 N–H and O–H groups in total. The van der Waals surface area contributed by atoms with Gasteiger partial charge in [0.05, 0.1) is 35.0 Å². The average Bonchev–Trinajstić information content (AvgIpc) is 3.65. The van der Waals surface area contributed by atoms with Gasteiger partial charge >= 0.3 is 6.09 Å². The minimum Gasteiger partial charge on any atom is -0.444 e. The standard InChI is InChI=1S/C31H51N7O9S/c1-29(2,3)47-28(43)34-21(15-19-9-7-6-8-10-19)27(42)37-18-20(38-23(17-33-36-38)30(4,5)44)16-22(37)26(41)35-31(24(39)25(32)40)11-13-48(45,46)14-12-31/h17,19-22,24,39,44H,6-16,18H2,1-5H3,(H2,32,40)(H,34,43)(H,35,41)/t20-,21+,22-,24?/m0/s1. The van der Waals surface area contributed by atoms with E-state index < -0.39 is 74.6 Å². The first-order valence-corrected chi connectivity index (χ1v) is 18.5. The van der Waals surface area contributed by atoms with Crippen LogP contribution < -0.4 is 16.4 Å². The van der Waals surface area contributed by atoms with Crippen molar-refractivity contribution >= 4 is 33.7 Å². The largest absolute Gasteiger partial charge is 0.444 e. The van der Waals surface area contributed by atoms with E-state index in [1.807, 2.05) is 0 Å². The Morgan fingerprint density at radius 2 is 1.73 bits per heavy atom. The maximum absolute atomic E-state index is 14.5. The van der Waals surface area contributed by atoms with Gasteiger partial charge in [-0.05, 0) is 59.8 Å². The Hall–Kier alpha value is -3.31. The third-order valence-electron chi connectivity index (χ3n) is 9.58. The molecule has 0 bridgehead atoms. The summed E-state index contributed by atoms with van der Waals surface area (Å²) < 4.78 is 31.5. The number of aromatic nitrogens is 3.